The number of allylic oxidation sites excluding steroid dienone is 10. The predicted molar refractivity (Wildman–Crippen MR) is 241 cm³/mol. The summed E-state index contributed by atoms with van der Waals surface area (Å²) in [4.78, 5) is 21.5. The monoisotopic (exact) mass is 799 g/mol. The van der Waals surface area contributed by atoms with E-state index in [0.29, 0.717) is 23.7 Å². The second-order valence-corrected chi connectivity index (χ2v) is 13.5. The van der Waals surface area contributed by atoms with Gasteiger partial charge in [0, 0.05) is 24.8 Å². The summed E-state index contributed by atoms with van der Waals surface area (Å²) in [5.74, 6) is -0.0673. The van der Waals surface area contributed by atoms with Crippen LogP contribution in [0.15, 0.2) is 115 Å². The van der Waals surface area contributed by atoms with Gasteiger partial charge in [0.15, 0.2) is 0 Å². The first kappa shape index (κ1) is 57.8. The highest BCUT2D eigenvalue weighted by Gasteiger charge is 2.26. The number of rotatable bonds is 24. The molecule has 8 heteroatoms. The molecule has 0 spiro atoms. The van der Waals surface area contributed by atoms with Gasteiger partial charge in [-0.3, -0.25) is 4.79 Å². The molecule has 0 amide bonds. The lowest BCUT2D eigenvalue weighted by atomic mass is 9.95. The lowest BCUT2D eigenvalue weighted by Crippen LogP contribution is -2.35. The maximum Gasteiger partial charge on any atom is 0.303 e. The van der Waals surface area contributed by atoms with Crippen LogP contribution >= 0.6 is 0 Å². The fourth-order valence-electron chi connectivity index (χ4n) is 5.25. The number of hydrogen-bond acceptors (Lipinski definition) is 7. The molecule has 0 saturated carbocycles. The number of carboxylic acids is 1. The molecule has 0 radical (unpaired) electrons. The highest BCUT2D eigenvalue weighted by molar-refractivity contribution is 5.67. The molecule has 2 aliphatic heterocycles. The summed E-state index contributed by atoms with van der Waals surface area (Å²) >= 11 is 0. The summed E-state index contributed by atoms with van der Waals surface area (Å²) in [7, 11) is 0. The Morgan fingerprint density at radius 3 is 1.84 bits per heavy atom. The van der Waals surface area contributed by atoms with E-state index in [2.05, 4.69) is 58.7 Å². The van der Waals surface area contributed by atoms with Crippen LogP contribution in [-0.4, -0.2) is 64.5 Å². The Hall–Kier alpha value is -3.49. The fraction of sp³-hybridized carbons (Fsp3) is 0.592. The van der Waals surface area contributed by atoms with Crippen molar-refractivity contribution in [1.29, 1.82) is 0 Å². The van der Waals surface area contributed by atoms with Crippen molar-refractivity contribution in [3.8, 4) is 0 Å². The molecule has 0 aromatic rings. The zero-order valence-electron chi connectivity index (χ0n) is 35.4. The third-order valence-electron chi connectivity index (χ3n) is 8.47. The Labute approximate surface area is 348 Å². The van der Waals surface area contributed by atoms with Gasteiger partial charge >= 0.3 is 5.97 Å². The minimum atomic E-state index is -0.851. The molecule has 2 rings (SSSR count). The van der Waals surface area contributed by atoms with Crippen LogP contribution in [0, 0.1) is 0 Å². The SMILES string of the molecule is C.C=C=C(C(=C)CCC(=O)O)C1CCCC(=CC=CCC)OO1.CCCCC1CC(C=CCO)O1.CCCCCC=CC=CCO.CCCCCC=CC=CCO. The summed E-state index contributed by atoms with van der Waals surface area (Å²) in [6.45, 7) is 16.7. The second-order valence-electron chi connectivity index (χ2n) is 13.5. The molecule has 3 unspecified atom stereocenters. The Balaban J connectivity index is -0.000000718. The van der Waals surface area contributed by atoms with Crippen LogP contribution in [0.1, 0.15) is 151 Å². The molecule has 0 aliphatic carbocycles. The Bertz CT molecular complexity index is 1180. The molecule has 2 saturated heterocycles. The normalized spacial score (nSPS) is 18.5. The molecule has 0 aromatic heterocycles. The van der Waals surface area contributed by atoms with Gasteiger partial charge < -0.3 is 30.1 Å². The Morgan fingerprint density at radius 2 is 1.35 bits per heavy atom. The molecule has 2 fully saturated rings. The van der Waals surface area contributed by atoms with Crippen LogP contribution in [0.2, 0.25) is 0 Å². The highest BCUT2D eigenvalue weighted by atomic mass is 17.2. The number of unbranched alkanes of at least 4 members (excludes halogenated alkanes) is 7. The fourth-order valence-corrected chi connectivity index (χ4v) is 5.25. The summed E-state index contributed by atoms with van der Waals surface area (Å²) in [6.07, 6.45) is 44.3. The maximum atomic E-state index is 10.7. The zero-order chi connectivity index (χ0) is 41.9. The average molecular weight is 799 g/mol. The van der Waals surface area contributed by atoms with Gasteiger partial charge in [-0.15, -0.1) is 5.73 Å². The van der Waals surface area contributed by atoms with Gasteiger partial charge in [-0.2, -0.15) is 4.89 Å². The number of aliphatic hydroxyl groups excluding tert-OH is 3. The van der Waals surface area contributed by atoms with Crippen molar-refractivity contribution in [1.82, 2.24) is 0 Å². The van der Waals surface area contributed by atoms with Crippen molar-refractivity contribution in [3.63, 3.8) is 0 Å². The summed E-state index contributed by atoms with van der Waals surface area (Å²) < 4.78 is 5.55. The molecule has 2 heterocycles. The van der Waals surface area contributed by atoms with Crippen molar-refractivity contribution >= 4 is 5.97 Å². The van der Waals surface area contributed by atoms with Gasteiger partial charge in [-0.05, 0) is 69.4 Å². The largest absolute Gasteiger partial charge is 0.481 e. The van der Waals surface area contributed by atoms with Gasteiger partial charge in [0.2, 0.25) is 0 Å². The minimum Gasteiger partial charge on any atom is -0.481 e. The van der Waals surface area contributed by atoms with Gasteiger partial charge in [-0.1, -0.05) is 160 Å². The van der Waals surface area contributed by atoms with Crippen molar-refractivity contribution in [2.24, 2.45) is 0 Å². The molecule has 8 nitrogen and oxygen atoms in total. The zero-order valence-corrected chi connectivity index (χ0v) is 35.4. The van der Waals surface area contributed by atoms with Crippen molar-refractivity contribution in [3.05, 3.63) is 115 Å². The molecule has 3 atom stereocenters. The highest BCUT2D eigenvalue weighted by Crippen LogP contribution is 2.28. The lowest BCUT2D eigenvalue weighted by Gasteiger charge is -2.34. The van der Waals surface area contributed by atoms with E-state index in [0.717, 1.165) is 50.7 Å². The number of aliphatic carboxylic acids is 1. The summed E-state index contributed by atoms with van der Waals surface area (Å²) in [6, 6.07) is 0. The molecule has 2 aliphatic rings. The van der Waals surface area contributed by atoms with Crippen molar-refractivity contribution in [2.75, 3.05) is 19.8 Å². The number of ether oxygens (including phenoxy) is 1. The van der Waals surface area contributed by atoms with E-state index in [-0.39, 0.29) is 45.9 Å². The van der Waals surface area contributed by atoms with E-state index in [4.69, 9.17) is 34.9 Å². The van der Waals surface area contributed by atoms with Crippen LogP contribution in [0.3, 0.4) is 0 Å². The van der Waals surface area contributed by atoms with E-state index in [9.17, 15) is 4.79 Å². The van der Waals surface area contributed by atoms with Gasteiger partial charge in [0.25, 0.3) is 0 Å². The van der Waals surface area contributed by atoms with Crippen LogP contribution in [0.25, 0.3) is 0 Å². The third kappa shape index (κ3) is 37.8. The Kier molecular flexibility index (Phi) is 45.9. The standard InChI is InChI=1S/C18H24O4.C10H18O2.2C10H18O.CH4/c1-4-6-7-9-15-10-8-11-17(22-21-15)16(5-2)14(3)12-13-18(19)20;1-2-3-5-9-8-10(12-9)6-4-7-11;2*1-2-3-4-5-6-7-8-9-10-11;/h6-7,9,17H,2-4,8,10-13H2,1H3,(H,19,20);4,6,9-11H,2-3,5,7-8H2,1H3;2*6-9,11H,2-5,10H2,1H3;1H4. The average Bonchev–Trinajstić information content (AvgIpc) is 3.42. The number of aliphatic hydroxyl groups is 3. The van der Waals surface area contributed by atoms with E-state index in [1.165, 1.54) is 57.8 Å². The molecular weight excluding hydrogens is 717 g/mol. The number of carboxylic acid groups (broad SMARTS) is 1. The van der Waals surface area contributed by atoms with Crippen LogP contribution in [0.4, 0.5) is 0 Å². The Morgan fingerprint density at radius 1 is 0.789 bits per heavy atom. The predicted octanol–water partition coefficient (Wildman–Crippen LogP) is 12.3. The van der Waals surface area contributed by atoms with Gasteiger partial charge in [-0.25, -0.2) is 0 Å². The molecule has 57 heavy (non-hydrogen) atoms. The molecule has 0 bridgehead atoms. The van der Waals surface area contributed by atoms with Gasteiger partial charge in [0.1, 0.15) is 11.9 Å². The van der Waals surface area contributed by atoms with E-state index < -0.39 is 5.97 Å². The minimum absolute atomic E-state index is 0. The quantitative estimate of drug-likeness (QED) is 0.0250. The number of hydrogen-bond donors (Lipinski definition) is 4. The topological polar surface area (TPSA) is 126 Å². The van der Waals surface area contributed by atoms with E-state index in [1.54, 1.807) is 18.2 Å². The third-order valence-corrected chi connectivity index (χ3v) is 8.47. The van der Waals surface area contributed by atoms with Crippen LogP contribution in [-0.2, 0) is 19.3 Å². The first-order valence-corrected chi connectivity index (χ1v) is 21.0. The summed E-state index contributed by atoms with van der Waals surface area (Å²) in [5.41, 5.74) is 4.21. The van der Waals surface area contributed by atoms with Crippen molar-refractivity contribution in [2.45, 2.75) is 169 Å². The molecular formula is C49H82O8. The van der Waals surface area contributed by atoms with Crippen LogP contribution < -0.4 is 0 Å². The van der Waals surface area contributed by atoms with Gasteiger partial charge in [0.05, 0.1) is 32.0 Å². The molecule has 4 N–H and O–H groups in total. The first-order valence-electron chi connectivity index (χ1n) is 21.0. The number of carbonyl (C=O) groups is 1. The molecule has 326 valence electrons. The van der Waals surface area contributed by atoms with E-state index >= 15 is 0 Å². The van der Waals surface area contributed by atoms with Crippen LogP contribution in [0.5, 0.6) is 0 Å². The molecule has 0 aromatic carbocycles. The maximum absolute atomic E-state index is 10.7. The smallest absolute Gasteiger partial charge is 0.303 e. The second kappa shape index (κ2) is 45.2. The van der Waals surface area contributed by atoms with E-state index in [1.807, 2.05) is 48.6 Å². The lowest BCUT2D eigenvalue weighted by molar-refractivity contribution is -0.281. The first-order chi connectivity index (χ1) is 27.3. The van der Waals surface area contributed by atoms with Crippen molar-refractivity contribution < 1.29 is 39.7 Å². The summed E-state index contributed by atoms with van der Waals surface area (Å²) in [5, 5.41) is 34.0.